The first-order valence-electron chi connectivity index (χ1n) is 10.6. The number of nitrogens with two attached hydrogens (primary N) is 2. The molecule has 0 saturated carbocycles. The third-order valence-corrected chi connectivity index (χ3v) is 6.24. The molecule has 0 fully saturated rings. The number of ketones is 1. The van der Waals surface area contributed by atoms with Crippen LogP contribution in [-0.4, -0.2) is 48.3 Å². The lowest BCUT2D eigenvalue weighted by Gasteiger charge is -2.25. The van der Waals surface area contributed by atoms with E-state index in [1.807, 2.05) is 18.4 Å². The van der Waals surface area contributed by atoms with E-state index in [0.717, 1.165) is 22.3 Å². The summed E-state index contributed by atoms with van der Waals surface area (Å²) in [4.78, 5) is 12.2. The number of methoxy groups -OCH3 is 1. The summed E-state index contributed by atoms with van der Waals surface area (Å²) in [5, 5.41) is 11.2. The molecule has 0 radical (unpaired) electrons. The summed E-state index contributed by atoms with van der Waals surface area (Å²) in [5.74, 6) is 6.43. The van der Waals surface area contributed by atoms with Crippen LogP contribution in [0.15, 0.2) is 30.3 Å². The molecule has 0 aliphatic heterocycles. The molecular weight excluding hydrogens is 424 g/mol. The monoisotopic (exact) mass is 460 g/mol. The average Bonchev–Trinajstić information content (AvgIpc) is 2.71. The Morgan fingerprint density at radius 1 is 1.25 bits per heavy atom. The van der Waals surface area contributed by atoms with E-state index < -0.39 is 6.10 Å². The molecule has 0 bridgehead atoms. The quantitative estimate of drug-likeness (QED) is 0.203. The van der Waals surface area contributed by atoms with Gasteiger partial charge < -0.3 is 20.6 Å². The maximum absolute atomic E-state index is 12.2. The summed E-state index contributed by atoms with van der Waals surface area (Å²) >= 11 is 1.60. The van der Waals surface area contributed by atoms with E-state index >= 15 is 0 Å². The van der Waals surface area contributed by atoms with Gasteiger partial charge in [0.1, 0.15) is 17.2 Å². The zero-order chi connectivity index (χ0) is 24.0. The van der Waals surface area contributed by atoms with Gasteiger partial charge in [-0.1, -0.05) is 30.1 Å². The van der Waals surface area contributed by atoms with Crippen LogP contribution in [0.25, 0.3) is 0 Å². The highest BCUT2D eigenvalue weighted by molar-refractivity contribution is 7.96. The molecule has 2 unspecified atom stereocenters. The predicted octanol–water partition coefficient (Wildman–Crippen LogP) is 3.47. The third kappa shape index (κ3) is 6.62. The number of hydrazine groups is 1. The molecule has 176 valence electrons. The second-order valence-corrected chi connectivity index (χ2v) is 9.15. The first-order chi connectivity index (χ1) is 15.1. The number of nitrogens with zero attached hydrogens (tertiary/aromatic N) is 2. The van der Waals surface area contributed by atoms with Gasteiger partial charge in [0.05, 0.1) is 18.9 Å². The second-order valence-electron chi connectivity index (χ2n) is 8.27. The van der Waals surface area contributed by atoms with Crippen LogP contribution in [0.3, 0.4) is 0 Å². The van der Waals surface area contributed by atoms with Crippen LogP contribution in [0, 0.1) is 6.92 Å². The molecule has 8 heteroatoms. The molecule has 5 N–H and O–H groups in total. The molecule has 0 saturated heterocycles. The fourth-order valence-corrected chi connectivity index (χ4v) is 4.50. The summed E-state index contributed by atoms with van der Waals surface area (Å²) in [6.45, 7) is 6.73. The minimum Gasteiger partial charge on any atom is -0.494 e. The number of aliphatic hydroxyl groups is 1. The molecule has 0 aromatic heterocycles. The van der Waals surface area contributed by atoms with E-state index in [-0.39, 0.29) is 11.7 Å². The lowest BCUT2D eigenvalue weighted by molar-refractivity contribution is -0.117. The molecule has 2 atom stereocenters. The number of aryl methyl sites for hydroxylation is 1. The van der Waals surface area contributed by atoms with Gasteiger partial charge in [0, 0.05) is 32.5 Å². The maximum Gasteiger partial charge on any atom is 0.145 e. The number of ether oxygens (including phenoxy) is 1. The Balaban J connectivity index is 2.53. The van der Waals surface area contributed by atoms with Gasteiger partial charge in [-0.2, -0.15) is 0 Å². The van der Waals surface area contributed by atoms with Crippen molar-refractivity contribution in [2.75, 3.05) is 37.7 Å². The summed E-state index contributed by atoms with van der Waals surface area (Å²) in [6, 6.07) is 10.1. The SMILES string of the molecule is COc1cc(C(CC(C)=O)c2ccc(C)c(CN(CC(C)O)SC)c2)cc(N)c1N(C)N. The van der Waals surface area contributed by atoms with Crippen LogP contribution < -0.4 is 21.3 Å². The minimum absolute atomic E-state index is 0.0922. The topological polar surface area (TPSA) is 105 Å². The Labute approximate surface area is 195 Å². The molecular formula is C24H36N4O3S. The second kappa shape index (κ2) is 11.6. The highest BCUT2D eigenvalue weighted by atomic mass is 32.2. The molecule has 2 aromatic rings. The van der Waals surface area contributed by atoms with Gasteiger partial charge in [-0.05, 0) is 61.4 Å². The zero-order valence-electron chi connectivity index (χ0n) is 19.9. The van der Waals surface area contributed by atoms with Crippen molar-refractivity contribution >= 4 is 29.1 Å². The van der Waals surface area contributed by atoms with Gasteiger partial charge in [0.2, 0.25) is 0 Å². The number of hydrogen-bond donors (Lipinski definition) is 3. The van der Waals surface area contributed by atoms with Crippen LogP contribution >= 0.6 is 11.9 Å². The molecule has 2 rings (SSSR count). The van der Waals surface area contributed by atoms with Crippen LogP contribution in [0.5, 0.6) is 5.75 Å². The lowest BCUT2D eigenvalue weighted by Crippen LogP contribution is -2.26. The van der Waals surface area contributed by atoms with Crippen molar-refractivity contribution in [3.05, 3.63) is 52.6 Å². The van der Waals surface area contributed by atoms with Crippen LogP contribution in [0.4, 0.5) is 11.4 Å². The first-order valence-corrected chi connectivity index (χ1v) is 11.8. The standard InChI is InChI=1S/C24H36N4O3S/c1-15-7-8-18(10-20(15)14-28(32-6)13-17(3)30)21(9-16(2)29)19-11-22(25)24(27(4)26)23(12-19)31-5/h7-8,10-12,17,21,30H,9,13-14,25-26H2,1-6H3. The maximum atomic E-state index is 12.2. The van der Waals surface area contributed by atoms with Gasteiger partial charge in [-0.25, -0.2) is 10.1 Å². The molecule has 0 heterocycles. The van der Waals surface area contributed by atoms with Crippen LogP contribution in [0.2, 0.25) is 0 Å². The number of aliphatic hydroxyl groups excluding tert-OH is 1. The smallest absolute Gasteiger partial charge is 0.145 e. The number of carbonyl (C=O) groups excluding carboxylic acids is 1. The number of benzene rings is 2. The average molecular weight is 461 g/mol. The van der Waals surface area contributed by atoms with Gasteiger partial charge in [-0.15, -0.1) is 0 Å². The Hall–Kier alpha value is -2.26. The van der Waals surface area contributed by atoms with Crippen LogP contribution in [0.1, 0.15) is 48.4 Å². The molecule has 7 nitrogen and oxygen atoms in total. The Kier molecular flexibility index (Phi) is 9.39. The van der Waals surface area contributed by atoms with Crippen molar-refractivity contribution in [3.8, 4) is 5.75 Å². The predicted molar refractivity (Wildman–Crippen MR) is 134 cm³/mol. The fraction of sp³-hybridized carbons (Fsp3) is 0.458. The van der Waals surface area contributed by atoms with Gasteiger partial charge in [0.15, 0.2) is 0 Å². The molecule has 0 aliphatic rings. The Morgan fingerprint density at radius 2 is 1.94 bits per heavy atom. The van der Waals surface area contributed by atoms with Gasteiger partial charge in [-0.3, -0.25) is 4.79 Å². The number of hydrogen-bond acceptors (Lipinski definition) is 8. The van der Waals surface area contributed by atoms with Crippen molar-refractivity contribution in [2.24, 2.45) is 5.84 Å². The highest BCUT2D eigenvalue weighted by Gasteiger charge is 2.22. The summed E-state index contributed by atoms with van der Waals surface area (Å²) in [7, 11) is 3.28. The molecule has 32 heavy (non-hydrogen) atoms. The summed E-state index contributed by atoms with van der Waals surface area (Å²) < 4.78 is 7.68. The Morgan fingerprint density at radius 3 is 2.47 bits per heavy atom. The molecule has 0 amide bonds. The number of rotatable bonds is 11. The van der Waals surface area contributed by atoms with Gasteiger partial charge >= 0.3 is 0 Å². The third-order valence-electron chi connectivity index (χ3n) is 5.44. The van der Waals surface area contributed by atoms with E-state index in [9.17, 15) is 9.90 Å². The highest BCUT2D eigenvalue weighted by Crippen LogP contribution is 2.39. The summed E-state index contributed by atoms with van der Waals surface area (Å²) in [5.41, 5.74) is 11.7. The number of Topliss-reactive ketones (excluding diaryl/α,β-unsaturated/α-hetero) is 1. The van der Waals surface area contributed by atoms with E-state index in [1.165, 1.54) is 5.01 Å². The zero-order valence-corrected chi connectivity index (χ0v) is 20.7. The number of nitrogen functional groups attached to an aromatic ring is 1. The van der Waals surface area contributed by atoms with Crippen molar-refractivity contribution < 1.29 is 14.6 Å². The Bertz CT molecular complexity index is 934. The number of carbonyl (C=O) groups is 1. The fourth-order valence-electron chi connectivity index (χ4n) is 3.87. The lowest BCUT2D eigenvalue weighted by atomic mass is 9.85. The largest absolute Gasteiger partial charge is 0.494 e. The van der Waals surface area contributed by atoms with E-state index in [2.05, 4.69) is 29.4 Å². The molecule has 0 spiro atoms. The number of anilines is 2. The van der Waals surface area contributed by atoms with E-state index in [4.69, 9.17) is 16.3 Å². The summed E-state index contributed by atoms with van der Waals surface area (Å²) in [6.07, 6.45) is 1.94. The van der Waals surface area contributed by atoms with Crippen molar-refractivity contribution in [1.82, 2.24) is 4.31 Å². The van der Waals surface area contributed by atoms with Crippen LogP contribution in [-0.2, 0) is 11.3 Å². The minimum atomic E-state index is -0.411. The molecule has 0 aliphatic carbocycles. The van der Waals surface area contributed by atoms with E-state index in [0.29, 0.717) is 36.6 Å². The normalized spacial score (nSPS) is 13.2. The van der Waals surface area contributed by atoms with Crippen molar-refractivity contribution in [3.63, 3.8) is 0 Å². The van der Waals surface area contributed by atoms with Crippen molar-refractivity contribution in [2.45, 2.75) is 45.8 Å². The van der Waals surface area contributed by atoms with Crippen molar-refractivity contribution in [1.29, 1.82) is 0 Å². The van der Waals surface area contributed by atoms with Gasteiger partial charge in [0.25, 0.3) is 0 Å². The first kappa shape index (κ1) is 26.0. The van der Waals surface area contributed by atoms with E-state index in [1.54, 1.807) is 40.0 Å². The molecule has 2 aromatic carbocycles.